The van der Waals surface area contributed by atoms with Gasteiger partial charge in [-0.1, -0.05) is 36.4 Å². The third-order valence-electron chi connectivity index (χ3n) is 5.06. The van der Waals surface area contributed by atoms with Crippen molar-refractivity contribution < 1.29 is 18.7 Å². The maximum absolute atomic E-state index is 12.8. The summed E-state index contributed by atoms with van der Waals surface area (Å²) in [6.45, 7) is 3.02. The highest BCUT2D eigenvalue weighted by Crippen LogP contribution is 2.33. The van der Waals surface area contributed by atoms with Gasteiger partial charge in [0.25, 0.3) is 5.91 Å². The Labute approximate surface area is 161 Å². The molecule has 5 nitrogen and oxygen atoms in total. The van der Waals surface area contributed by atoms with E-state index in [-0.39, 0.29) is 11.9 Å². The van der Waals surface area contributed by atoms with Crippen LogP contribution in [0.3, 0.4) is 0 Å². The van der Waals surface area contributed by atoms with Crippen molar-refractivity contribution in [2.75, 3.05) is 13.2 Å². The van der Waals surface area contributed by atoms with E-state index in [1.54, 1.807) is 0 Å². The first-order chi connectivity index (χ1) is 13.7. The fourth-order valence-electron chi connectivity index (χ4n) is 3.58. The first-order valence-corrected chi connectivity index (χ1v) is 9.31. The average Bonchev–Trinajstić information content (AvgIpc) is 3.18. The summed E-state index contributed by atoms with van der Waals surface area (Å²) in [5.74, 6) is 1.50. The van der Waals surface area contributed by atoms with E-state index in [9.17, 15) is 4.79 Å². The van der Waals surface area contributed by atoms with Crippen LogP contribution in [0.15, 0.2) is 65.1 Å². The molecule has 1 atom stereocenters. The van der Waals surface area contributed by atoms with Gasteiger partial charge < -0.3 is 19.2 Å². The molecule has 0 unspecified atom stereocenters. The molecule has 0 saturated carbocycles. The van der Waals surface area contributed by atoms with Crippen LogP contribution in [0.2, 0.25) is 0 Å². The van der Waals surface area contributed by atoms with Crippen molar-refractivity contribution in [1.82, 2.24) is 5.32 Å². The molecule has 3 aromatic carbocycles. The van der Waals surface area contributed by atoms with Crippen molar-refractivity contribution in [2.24, 2.45) is 0 Å². The third-order valence-corrected chi connectivity index (χ3v) is 5.06. The number of hydrogen-bond donors (Lipinski definition) is 1. The Hall–Kier alpha value is -3.47. The lowest BCUT2D eigenvalue weighted by Gasteiger charge is -2.20. The number of carbonyl (C=O) groups excluding carboxylic acids is 1. The van der Waals surface area contributed by atoms with Gasteiger partial charge in [0.1, 0.15) is 18.8 Å². The maximum Gasteiger partial charge on any atom is 0.287 e. The zero-order chi connectivity index (χ0) is 19.1. The Kier molecular flexibility index (Phi) is 3.93. The number of fused-ring (bicyclic) bond motifs is 4. The fraction of sp³-hybridized carbons (Fsp3) is 0.174. The van der Waals surface area contributed by atoms with Gasteiger partial charge >= 0.3 is 0 Å². The lowest BCUT2D eigenvalue weighted by atomic mass is 10.1. The molecule has 1 N–H and O–H groups in total. The molecule has 4 aromatic rings. The Morgan fingerprint density at radius 3 is 2.64 bits per heavy atom. The summed E-state index contributed by atoms with van der Waals surface area (Å²) in [5.41, 5.74) is 1.65. The number of ether oxygens (including phenoxy) is 2. The minimum Gasteiger partial charge on any atom is -0.486 e. The van der Waals surface area contributed by atoms with E-state index in [2.05, 4.69) is 5.32 Å². The van der Waals surface area contributed by atoms with Crippen LogP contribution >= 0.6 is 0 Å². The molecule has 1 aliphatic rings. The molecule has 0 aliphatic carbocycles. The molecule has 1 aliphatic heterocycles. The lowest BCUT2D eigenvalue weighted by Crippen LogP contribution is -2.26. The van der Waals surface area contributed by atoms with Crippen LogP contribution in [0.5, 0.6) is 11.5 Å². The number of benzene rings is 3. The summed E-state index contributed by atoms with van der Waals surface area (Å²) in [6, 6.07) is 19.3. The van der Waals surface area contributed by atoms with Crippen LogP contribution in [-0.4, -0.2) is 19.1 Å². The second-order valence-electron chi connectivity index (χ2n) is 6.91. The minimum absolute atomic E-state index is 0.201. The molecule has 5 rings (SSSR count). The van der Waals surface area contributed by atoms with E-state index >= 15 is 0 Å². The summed E-state index contributed by atoms with van der Waals surface area (Å²) < 4.78 is 17.0. The highest BCUT2D eigenvalue weighted by atomic mass is 16.6. The van der Waals surface area contributed by atoms with Gasteiger partial charge in [0, 0.05) is 5.39 Å². The van der Waals surface area contributed by atoms with Gasteiger partial charge in [-0.05, 0) is 47.5 Å². The normalized spacial score (nSPS) is 14.2. The standard InChI is InChI=1S/C23H19NO4/c1-14(16-7-9-20-21(12-16)27-11-10-26-20)24-23(25)22-13-18-17-5-3-2-4-15(17)6-8-19(18)28-22/h2-9,12-14H,10-11H2,1H3,(H,24,25)/t14-/m1/s1. The predicted molar refractivity (Wildman–Crippen MR) is 107 cm³/mol. The van der Waals surface area contributed by atoms with E-state index in [0.717, 1.165) is 27.5 Å². The fourth-order valence-corrected chi connectivity index (χ4v) is 3.58. The summed E-state index contributed by atoms with van der Waals surface area (Å²) >= 11 is 0. The molecular formula is C23H19NO4. The number of furan rings is 1. The third kappa shape index (κ3) is 2.85. The summed E-state index contributed by atoms with van der Waals surface area (Å²) in [5, 5.41) is 6.13. The second-order valence-corrected chi connectivity index (χ2v) is 6.91. The van der Waals surface area contributed by atoms with Crippen LogP contribution < -0.4 is 14.8 Å². The van der Waals surface area contributed by atoms with Crippen molar-refractivity contribution in [3.05, 3.63) is 72.0 Å². The quantitative estimate of drug-likeness (QED) is 0.558. The van der Waals surface area contributed by atoms with E-state index in [1.807, 2.05) is 67.6 Å². The Bertz CT molecular complexity index is 1190. The zero-order valence-electron chi connectivity index (χ0n) is 15.4. The molecule has 0 bridgehead atoms. The van der Waals surface area contributed by atoms with Crippen LogP contribution in [0.4, 0.5) is 0 Å². The number of carbonyl (C=O) groups is 1. The summed E-state index contributed by atoms with van der Waals surface area (Å²) in [7, 11) is 0. The number of amides is 1. The van der Waals surface area contributed by atoms with Crippen LogP contribution in [0.1, 0.15) is 29.1 Å². The van der Waals surface area contributed by atoms with E-state index < -0.39 is 0 Å². The second kappa shape index (κ2) is 6.60. The zero-order valence-corrected chi connectivity index (χ0v) is 15.4. The summed E-state index contributed by atoms with van der Waals surface area (Å²) in [6.07, 6.45) is 0. The number of nitrogens with one attached hydrogen (secondary N) is 1. The SMILES string of the molecule is C[C@@H](NC(=O)c1cc2c(ccc3ccccc32)o1)c1ccc2c(c1)OCCO2. The van der Waals surface area contributed by atoms with Gasteiger partial charge in [-0.2, -0.15) is 0 Å². The highest BCUT2D eigenvalue weighted by molar-refractivity contribution is 6.08. The molecule has 1 amide bonds. The molecule has 0 saturated heterocycles. The topological polar surface area (TPSA) is 60.7 Å². The van der Waals surface area contributed by atoms with Gasteiger partial charge in [0.2, 0.25) is 0 Å². The van der Waals surface area contributed by atoms with Gasteiger partial charge in [0.15, 0.2) is 17.3 Å². The van der Waals surface area contributed by atoms with Crippen molar-refractivity contribution in [3.63, 3.8) is 0 Å². The van der Waals surface area contributed by atoms with Crippen LogP contribution in [0, 0.1) is 0 Å². The van der Waals surface area contributed by atoms with Crippen molar-refractivity contribution in [2.45, 2.75) is 13.0 Å². The molecule has 140 valence electrons. The number of rotatable bonds is 3. The Morgan fingerprint density at radius 1 is 0.929 bits per heavy atom. The first-order valence-electron chi connectivity index (χ1n) is 9.31. The average molecular weight is 373 g/mol. The van der Waals surface area contributed by atoms with E-state index in [4.69, 9.17) is 13.9 Å². The summed E-state index contributed by atoms with van der Waals surface area (Å²) in [4.78, 5) is 12.8. The van der Waals surface area contributed by atoms with Gasteiger partial charge in [-0.3, -0.25) is 4.79 Å². The van der Waals surface area contributed by atoms with Crippen LogP contribution in [-0.2, 0) is 0 Å². The Morgan fingerprint density at radius 2 is 1.75 bits per heavy atom. The minimum atomic E-state index is -0.248. The lowest BCUT2D eigenvalue weighted by molar-refractivity contribution is 0.0914. The monoisotopic (exact) mass is 373 g/mol. The van der Waals surface area contributed by atoms with E-state index in [0.29, 0.717) is 30.3 Å². The first kappa shape index (κ1) is 16.7. The van der Waals surface area contributed by atoms with Crippen LogP contribution in [0.25, 0.3) is 21.7 Å². The molecule has 1 aromatic heterocycles. The number of hydrogen-bond acceptors (Lipinski definition) is 4. The molecule has 2 heterocycles. The molecule has 0 fully saturated rings. The van der Waals surface area contributed by atoms with Crippen molar-refractivity contribution in [1.29, 1.82) is 0 Å². The molecule has 0 radical (unpaired) electrons. The molecule has 5 heteroatoms. The van der Waals surface area contributed by atoms with Gasteiger partial charge in [-0.15, -0.1) is 0 Å². The maximum atomic E-state index is 12.8. The smallest absolute Gasteiger partial charge is 0.287 e. The molecule has 28 heavy (non-hydrogen) atoms. The van der Waals surface area contributed by atoms with Gasteiger partial charge in [0.05, 0.1) is 6.04 Å². The van der Waals surface area contributed by atoms with E-state index in [1.165, 1.54) is 0 Å². The van der Waals surface area contributed by atoms with Gasteiger partial charge in [-0.25, -0.2) is 0 Å². The largest absolute Gasteiger partial charge is 0.486 e. The molecular weight excluding hydrogens is 354 g/mol. The van der Waals surface area contributed by atoms with Crippen molar-refractivity contribution >= 4 is 27.6 Å². The van der Waals surface area contributed by atoms with Crippen molar-refractivity contribution in [3.8, 4) is 11.5 Å². The highest BCUT2D eigenvalue weighted by Gasteiger charge is 2.19. The molecule has 0 spiro atoms. The Balaban J connectivity index is 1.41. The predicted octanol–water partition coefficient (Wildman–Crippen LogP) is 4.85.